The highest BCUT2D eigenvalue weighted by Crippen LogP contribution is 2.27. The molecule has 0 rings (SSSR count). The van der Waals surface area contributed by atoms with E-state index in [9.17, 15) is 0 Å². The minimum atomic E-state index is -2.36. The van der Waals surface area contributed by atoms with Crippen molar-refractivity contribution >= 4 is 33.8 Å². The molecule has 5 nitrogen and oxygen atoms in total. The van der Waals surface area contributed by atoms with Crippen molar-refractivity contribution in [1.29, 1.82) is 0 Å². The van der Waals surface area contributed by atoms with Gasteiger partial charge in [-0.15, -0.1) is 0 Å². The van der Waals surface area contributed by atoms with Crippen molar-refractivity contribution in [3.8, 4) is 0 Å². The van der Waals surface area contributed by atoms with Crippen LogP contribution in [-0.2, 0) is 17.1 Å². The highest BCUT2D eigenvalue weighted by atomic mass is 28.5. The fourth-order valence-electron chi connectivity index (χ4n) is 2.65. The summed E-state index contributed by atoms with van der Waals surface area (Å²) < 4.78 is 24.6. The number of aliphatic hydroxyl groups excluding tert-OH is 1. The van der Waals surface area contributed by atoms with Crippen LogP contribution in [-0.4, -0.2) is 58.7 Å². The van der Waals surface area contributed by atoms with Gasteiger partial charge in [-0.25, -0.2) is 0 Å². The van der Waals surface area contributed by atoms with Gasteiger partial charge in [-0.2, -0.15) is 0 Å². The number of hydrogen-bond donors (Lipinski definition) is 1. The van der Waals surface area contributed by atoms with E-state index in [1.807, 2.05) is 0 Å². The van der Waals surface area contributed by atoms with Crippen LogP contribution < -0.4 is 0 Å². The second-order valence-corrected chi connectivity index (χ2v) is 23.9. The van der Waals surface area contributed by atoms with Crippen LogP contribution in [0, 0.1) is 6.55 Å². The van der Waals surface area contributed by atoms with E-state index in [2.05, 4.69) is 58.9 Å². The molecular formula is C14H37O5Si4+. The van der Waals surface area contributed by atoms with Crippen LogP contribution in [0.15, 0.2) is 0 Å². The van der Waals surface area contributed by atoms with Gasteiger partial charge in [0.25, 0.3) is 0 Å². The Morgan fingerprint density at radius 3 is 1.83 bits per heavy atom. The summed E-state index contributed by atoms with van der Waals surface area (Å²) in [6.45, 7) is 22.4. The molecule has 0 fully saturated rings. The van der Waals surface area contributed by atoms with Gasteiger partial charge in [0.05, 0.1) is 13.2 Å². The lowest BCUT2D eigenvalue weighted by molar-refractivity contribution is 0.0918. The molecule has 0 bridgehead atoms. The average molecular weight is 398 g/mol. The van der Waals surface area contributed by atoms with E-state index in [4.69, 9.17) is 22.2 Å². The van der Waals surface area contributed by atoms with Crippen molar-refractivity contribution in [2.45, 2.75) is 64.8 Å². The van der Waals surface area contributed by atoms with Crippen LogP contribution >= 0.6 is 0 Å². The predicted octanol–water partition coefficient (Wildman–Crippen LogP) is 3.62. The fourth-order valence-corrected chi connectivity index (χ4v) is 20.1. The molecule has 1 unspecified atom stereocenters. The molecule has 23 heavy (non-hydrogen) atoms. The molecule has 0 saturated heterocycles. The summed E-state index contributed by atoms with van der Waals surface area (Å²) in [5, 5.41) is 8.76. The average Bonchev–Trinajstić information content (AvgIpc) is 2.20. The smallest absolute Gasteiger partial charge is 0.395 e. The van der Waals surface area contributed by atoms with E-state index in [1.165, 1.54) is 0 Å². The van der Waals surface area contributed by atoms with Gasteiger partial charge in [0.2, 0.25) is 0 Å². The Hall–Kier alpha value is 0.538. The van der Waals surface area contributed by atoms with Crippen molar-refractivity contribution < 1.29 is 22.2 Å². The summed E-state index contributed by atoms with van der Waals surface area (Å²) in [6, 6.07) is 0.857. The van der Waals surface area contributed by atoms with Gasteiger partial charge in [-0.3, -0.25) is 0 Å². The third-order valence-electron chi connectivity index (χ3n) is 2.66. The van der Waals surface area contributed by atoms with Gasteiger partial charge in [0, 0.05) is 13.2 Å². The number of rotatable bonds is 12. The summed E-state index contributed by atoms with van der Waals surface area (Å²) in [7, 11) is -8.20. The van der Waals surface area contributed by atoms with E-state index in [0.717, 1.165) is 12.5 Å². The summed E-state index contributed by atoms with van der Waals surface area (Å²) in [5.41, 5.74) is 0. The highest BCUT2D eigenvalue weighted by Gasteiger charge is 2.46. The first-order valence-corrected chi connectivity index (χ1v) is 20.2. The Balaban J connectivity index is 4.84. The van der Waals surface area contributed by atoms with E-state index in [-0.39, 0.29) is 6.61 Å². The zero-order chi connectivity index (χ0) is 18.4. The Morgan fingerprint density at radius 2 is 1.39 bits per heavy atom. The maximum atomic E-state index is 8.76. The summed E-state index contributed by atoms with van der Waals surface area (Å²) >= 11 is 0. The second kappa shape index (κ2) is 9.29. The van der Waals surface area contributed by atoms with Crippen LogP contribution in [0.25, 0.3) is 0 Å². The molecule has 138 valence electrons. The van der Waals surface area contributed by atoms with Crippen LogP contribution in [0.1, 0.15) is 6.42 Å². The maximum Gasteiger partial charge on any atom is 0.395 e. The normalized spacial score (nSPS) is 16.4. The molecule has 0 aromatic heterocycles. The molecule has 9 heteroatoms. The van der Waals surface area contributed by atoms with Crippen molar-refractivity contribution in [3.63, 3.8) is 0 Å². The molecule has 0 aromatic rings. The van der Waals surface area contributed by atoms with Crippen LogP contribution in [0.4, 0.5) is 0 Å². The quantitative estimate of drug-likeness (QED) is 0.310. The lowest BCUT2D eigenvalue weighted by Crippen LogP contribution is -2.57. The minimum absolute atomic E-state index is 0.0600. The van der Waals surface area contributed by atoms with Gasteiger partial charge < -0.3 is 22.2 Å². The Bertz CT molecular complexity index is 341. The third-order valence-corrected chi connectivity index (χ3v) is 16.0. The first kappa shape index (κ1) is 23.5. The van der Waals surface area contributed by atoms with E-state index in [1.54, 1.807) is 0 Å². The van der Waals surface area contributed by atoms with Crippen LogP contribution in [0.2, 0.25) is 58.4 Å². The number of ether oxygens (including phenoxy) is 1. The van der Waals surface area contributed by atoms with Gasteiger partial charge in [-0.1, -0.05) is 0 Å². The zero-order valence-electron chi connectivity index (χ0n) is 16.3. The van der Waals surface area contributed by atoms with Crippen molar-refractivity contribution in [2.24, 2.45) is 0 Å². The van der Waals surface area contributed by atoms with Crippen LogP contribution in [0.3, 0.4) is 0 Å². The first-order chi connectivity index (χ1) is 10.2. The monoisotopic (exact) mass is 397 g/mol. The Kier molecular flexibility index (Phi) is 9.51. The molecule has 0 aromatic carbocycles. The lowest BCUT2D eigenvalue weighted by Gasteiger charge is -2.39. The molecular weight excluding hydrogens is 360 g/mol. The molecule has 0 radical (unpaired) electrons. The van der Waals surface area contributed by atoms with E-state index < -0.39 is 33.8 Å². The minimum Gasteiger partial charge on any atom is -0.437 e. The summed E-state index contributed by atoms with van der Waals surface area (Å²) in [5.74, 6) is 0. The fraction of sp³-hybridized carbons (Fsp3) is 0.929. The maximum absolute atomic E-state index is 8.76. The van der Waals surface area contributed by atoms with Gasteiger partial charge in [0.1, 0.15) is 0 Å². The molecule has 0 spiro atoms. The molecule has 1 N–H and O–H groups in total. The molecule has 0 heterocycles. The lowest BCUT2D eigenvalue weighted by atomic mass is 10.5. The van der Waals surface area contributed by atoms with Crippen molar-refractivity contribution in [3.05, 3.63) is 6.55 Å². The SMILES string of the molecule is [CH2+][Si](C)(C)O[Si](C)(CCCOCCO)O[Si](C)(C)O[Si](C)(C)C. The number of hydrogen-bond acceptors (Lipinski definition) is 5. The first-order valence-electron chi connectivity index (χ1n) is 8.33. The Morgan fingerprint density at radius 1 is 0.826 bits per heavy atom. The molecule has 0 saturated carbocycles. The largest absolute Gasteiger partial charge is 0.437 e. The molecule has 0 amide bonds. The zero-order valence-corrected chi connectivity index (χ0v) is 20.3. The predicted molar refractivity (Wildman–Crippen MR) is 106 cm³/mol. The topological polar surface area (TPSA) is 57.2 Å². The van der Waals surface area contributed by atoms with Gasteiger partial charge in [0.15, 0.2) is 8.32 Å². The highest BCUT2D eigenvalue weighted by molar-refractivity contribution is 6.90. The van der Waals surface area contributed by atoms with Crippen LogP contribution in [0.5, 0.6) is 0 Å². The van der Waals surface area contributed by atoms with Crippen molar-refractivity contribution in [1.82, 2.24) is 0 Å². The molecule has 0 aliphatic rings. The summed E-state index contributed by atoms with van der Waals surface area (Å²) in [6.07, 6.45) is 0.866. The standard InChI is InChI=1S/C14H37O5Si4/c1-20(2,3)17-22(7,8)19-23(9,18-21(4,5)6)14-10-12-16-13-11-15/h15H,4,10-14H2,1-3,5-9H3/q+1. The van der Waals surface area contributed by atoms with Gasteiger partial charge in [-0.05, 0) is 64.8 Å². The third kappa shape index (κ3) is 13.5. The molecule has 0 aliphatic carbocycles. The summed E-state index contributed by atoms with van der Waals surface area (Å²) in [4.78, 5) is 0. The second-order valence-electron chi connectivity index (χ2n) is 8.15. The van der Waals surface area contributed by atoms with Crippen molar-refractivity contribution in [2.75, 3.05) is 19.8 Å². The number of aliphatic hydroxyl groups is 1. The van der Waals surface area contributed by atoms with Gasteiger partial charge >= 0.3 is 25.4 Å². The van der Waals surface area contributed by atoms with E-state index >= 15 is 0 Å². The van der Waals surface area contributed by atoms with E-state index in [0.29, 0.717) is 13.2 Å². The molecule has 0 aliphatic heterocycles. The molecule has 1 atom stereocenters. The Labute approximate surface area is 147 Å².